The first-order chi connectivity index (χ1) is 7.68. The molecule has 0 amide bonds. The summed E-state index contributed by atoms with van der Waals surface area (Å²) in [7, 11) is -3.90. The molecule has 0 aliphatic rings. The molecule has 0 bridgehead atoms. The molecule has 17 heavy (non-hydrogen) atoms. The maximum atomic E-state index is 10.9. The van der Waals surface area contributed by atoms with Crippen LogP contribution in [0.1, 0.15) is 47.5 Å². The van der Waals surface area contributed by atoms with Gasteiger partial charge in [0.05, 0.1) is 0 Å². The van der Waals surface area contributed by atoms with Gasteiger partial charge in [0.15, 0.2) is 0 Å². The maximum absolute atomic E-state index is 10.9. The zero-order valence-electron chi connectivity index (χ0n) is 11.7. The van der Waals surface area contributed by atoms with E-state index in [1.54, 1.807) is 0 Å². The van der Waals surface area contributed by atoms with Crippen LogP contribution in [-0.2, 0) is 0 Å². The van der Waals surface area contributed by atoms with Crippen molar-refractivity contribution in [1.29, 1.82) is 5.26 Å². The molecular weight excluding hydrogens is 235 g/mol. The van der Waals surface area contributed by atoms with Crippen molar-refractivity contribution in [3.05, 3.63) is 0 Å². The third kappa shape index (κ3) is 4.19. The van der Waals surface area contributed by atoms with Gasteiger partial charge in [-0.15, -0.1) is 0 Å². The first-order valence-electron chi connectivity index (χ1n) is 6.34. The molecule has 0 aromatic rings. The average Bonchev–Trinajstić information content (AvgIpc) is 2.13. The number of hydrogen-bond acceptors (Lipinski definition) is 4. The third-order valence-corrected chi connectivity index (χ3v) is 7.45. The van der Waals surface area contributed by atoms with E-state index in [9.17, 15) is 9.79 Å². The Bertz CT molecular complexity index is 277. The topological polar surface area (TPSA) is 67.5 Å². The molecule has 0 radical (unpaired) electrons. The number of nitrogens with zero attached hydrogens (tertiary/aromatic N) is 2. The molecule has 0 unspecified atom stereocenters. The molecular formula is C12H27N2O2P. The molecule has 0 aromatic carbocycles. The fraction of sp³-hybridized carbons (Fsp3) is 0.917. The summed E-state index contributed by atoms with van der Waals surface area (Å²) in [6, 6.07) is 2.15. The second-order valence-electron chi connectivity index (χ2n) is 5.26. The summed E-state index contributed by atoms with van der Waals surface area (Å²) in [6.07, 6.45) is 1.48. The second-order valence-corrected chi connectivity index (χ2v) is 9.30. The van der Waals surface area contributed by atoms with E-state index in [-0.39, 0.29) is 24.7 Å². The molecule has 0 atom stereocenters. The Morgan fingerprint density at radius 1 is 1.12 bits per heavy atom. The van der Waals surface area contributed by atoms with Crippen molar-refractivity contribution in [3.8, 4) is 6.07 Å². The molecule has 0 aromatic heterocycles. The quantitative estimate of drug-likeness (QED) is 0.692. The van der Waals surface area contributed by atoms with Gasteiger partial charge in [0.1, 0.15) is 0 Å². The molecule has 0 fully saturated rings. The van der Waals surface area contributed by atoms with Gasteiger partial charge in [-0.25, -0.2) is 0 Å². The van der Waals surface area contributed by atoms with Crippen LogP contribution in [-0.4, -0.2) is 38.9 Å². The molecule has 0 heterocycles. The molecule has 0 aliphatic heterocycles. The van der Waals surface area contributed by atoms with Crippen LogP contribution in [0.15, 0.2) is 0 Å². The minimum atomic E-state index is -3.90. The SMILES string of the molecule is CCCP(O)(O)(CCC#N)N(C(C)C)C(C)C. The van der Waals surface area contributed by atoms with Crippen LogP contribution >= 0.6 is 7.21 Å². The first kappa shape index (κ1) is 16.8. The van der Waals surface area contributed by atoms with Gasteiger partial charge in [-0.2, -0.15) is 0 Å². The summed E-state index contributed by atoms with van der Waals surface area (Å²) < 4.78 is 1.83. The van der Waals surface area contributed by atoms with Crippen LogP contribution in [0.2, 0.25) is 0 Å². The zero-order chi connectivity index (χ0) is 13.7. The van der Waals surface area contributed by atoms with E-state index in [0.717, 1.165) is 0 Å². The van der Waals surface area contributed by atoms with E-state index in [2.05, 4.69) is 0 Å². The average molecular weight is 262 g/mol. The van der Waals surface area contributed by atoms with E-state index in [1.807, 2.05) is 45.4 Å². The van der Waals surface area contributed by atoms with E-state index in [0.29, 0.717) is 12.6 Å². The van der Waals surface area contributed by atoms with Crippen molar-refractivity contribution < 1.29 is 9.79 Å². The van der Waals surface area contributed by atoms with Crippen molar-refractivity contribution >= 4 is 7.21 Å². The van der Waals surface area contributed by atoms with E-state index in [1.165, 1.54) is 0 Å². The van der Waals surface area contributed by atoms with Crippen LogP contribution < -0.4 is 0 Å². The van der Waals surface area contributed by atoms with Crippen LogP contribution in [0.4, 0.5) is 0 Å². The predicted molar refractivity (Wildman–Crippen MR) is 73.7 cm³/mol. The monoisotopic (exact) mass is 262 g/mol. The Labute approximate surface area is 105 Å². The normalized spacial score (nSPS) is 15.0. The van der Waals surface area contributed by atoms with Crippen molar-refractivity contribution in [2.45, 2.75) is 59.5 Å². The molecule has 0 aliphatic carbocycles. The second kappa shape index (κ2) is 6.11. The Morgan fingerprint density at radius 2 is 1.59 bits per heavy atom. The summed E-state index contributed by atoms with van der Waals surface area (Å²) in [6.45, 7) is 9.82. The Balaban J connectivity index is 5.33. The molecule has 0 spiro atoms. The summed E-state index contributed by atoms with van der Waals surface area (Å²) in [5.41, 5.74) is 0. The van der Waals surface area contributed by atoms with Gasteiger partial charge >= 0.3 is 105 Å². The summed E-state index contributed by atoms with van der Waals surface area (Å²) >= 11 is 0. The van der Waals surface area contributed by atoms with Gasteiger partial charge in [-0.3, -0.25) is 0 Å². The van der Waals surface area contributed by atoms with Gasteiger partial charge in [0, 0.05) is 0 Å². The van der Waals surface area contributed by atoms with Gasteiger partial charge in [0.25, 0.3) is 0 Å². The predicted octanol–water partition coefficient (Wildman–Crippen LogP) is 2.71. The molecule has 0 saturated carbocycles. The van der Waals surface area contributed by atoms with E-state index >= 15 is 0 Å². The fourth-order valence-corrected chi connectivity index (χ4v) is 7.03. The Kier molecular flexibility index (Phi) is 6.04. The third-order valence-electron chi connectivity index (χ3n) is 2.95. The minimum absolute atomic E-state index is 0.0629. The van der Waals surface area contributed by atoms with Gasteiger partial charge in [-0.1, -0.05) is 0 Å². The van der Waals surface area contributed by atoms with Crippen LogP contribution in [0.3, 0.4) is 0 Å². The van der Waals surface area contributed by atoms with Crippen LogP contribution in [0, 0.1) is 11.3 Å². The van der Waals surface area contributed by atoms with Crippen molar-refractivity contribution in [1.82, 2.24) is 4.67 Å². The van der Waals surface area contributed by atoms with Gasteiger partial charge in [-0.05, 0) is 0 Å². The van der Waals surface area contributed by atoms with Crippen molar-refractivity contribution in [3.63, 3.8) is 0 Å². The molecule has 5 heteroatoms. The van der Waals surface area contributed by atoms with Crippen LogP contribution in [0.5, 0.6) is 0 Å². The number of rotatable bonds is 7. The summed E-state index contributed by atoms with van der Waals surface area (Å²) in [5, 5.41) is 8.70. The number of nitriles is 1. The Morgan fingerprint density at radius 3 is 1.88 bits per heavy atom. The molecule has 4 nitrogen and oxygen atoms in total. The molecule has 2 N–H and O–H groups in total. The first-order valence-corrected chi connectivity index (χ1v) is 8.81. The van der Waals surface area contributed by atoms with Gasteiger partial charge in [0.2, 0.25) is 0 Å². The van der Waals surface area contributed by atoms with Gasteiger partial charge < -0.3 is 0 Å². The Hall–Kier alpha value is -0.200. The van der Waals surface area contributed by atoms with E-state index < -0.39 is 7.21 Å². The fourth-order valence-electron chi connectivity index (χ4n) is 2.74. The standard InChI is InChI=1S/C12H27N2O2P/c1-6-9-17(15,16,10-7-8-13)14(11(2)3)12(4)5/h11-12,15-16H,6-7,9-10H2,1-5H3. The zero-order valence-corrected chi connectivity index (χ0v) is 12.6. The summed E-state index contributed by atoms with van der Waals surface area (Å²) in [4.78, 5) is 21.7. The molecule has 0 saturated heterocycles. The van der Waals surface area contributed by atoms with Crippen molar-refractivity contribution in [2.75, 3.05) is 12.3 Å². The van der Waals surface area contributed by atoms with Crippen LogP contribution in [0.25, 0.3) is 0 Å². The molecule has 102 valence electrons. The van der Waals surface area contributed by atoms with E-state index in [4.69, 9.17) is 5.26 Å². The number of hydrogen-bond donors (Lipinski definition) is 2. The summed E-state index contributed by atoms with van der Waals surface area (Å²) in [5.74, 6) is 0. The van der Waals surface area contributed by atoms with Crippen molar-refractivity contribution in [2.24, 2.45) is 0 Å². The molecule has 0 rings (SSSR count).